The molecule has 21 heavy (non-hydrogen) atoms. The maximum absolute atomic E-state index is 12.0. The summed E-state index contributed by atoms with van der Waals surface area (Å²) in [7, 11) is 0. The molecule has 0 bridgehead atoms. The number of rotatable bonds is 5. The molecule has 2 aromatic carbocycles. The molecule has 2 rings (SSSR count). The third-order valence-corrected chi connectivity index (χ3v) is 3.79. The number of nitrogens with one attached hydrogen (secondary N) is 2. The number of hydrogen-bond donors (Lipinski definition) is 2. The van der Waals surface area contributed by atoms with Crippen molar-refractivity contribution in [3.05, 3.63) is 64.7 Å². The van der Waals surface area contributed by atoms with Gasteiger partial charge in [0.1, 0.15) is 0 Å². The molecule has 0 aliphatic rings. The Bertz CT molecular complexity index is 613. The van der Waals surface area contributed by atoms with Gasteiger partial charge in [0, 0.05) is 10.7 Å². The highest BCUT2D eigenvalue weighted by Crippen LogP contribution is 2.22. The Kier molecular flexibility index (Phi) is 5.23. The van der Waals surface area contributed by atoms with Crippen LogP contribution in [-0.4, -0.2) is 12.5 Å². The molecule has 2 aromatic rings. The lowest BCUT2D eigenvalue weighted by Gasteiger charge is -2.15. The van der Waals surface area contributed by atoms with Gasteiger partial charge in [-0.15, -0.1) is 0 Å². The van der Waals surface area contributed by atoms with E-state index in [1.54, 1.807) is 0 Å². The van der Waals surface area contributed by atoms with Gasteiger partial charge in [-0.2, -0.15) is 0 Å². The van der Waals surface area contributed by atoms with Gasteiger partial charge in [-0.25, -0.2) is 0 Å². The van der Waals surface area contributed by atoms with Gasteiger partial charge in [-0.3, -0.25) is 4.79 Å². The summed E-state index contributed by atoms with van der Waals surface area (Å²) >= 11 is 6.05. The van der Waals surface area contributed by atoms with E-state index in [4.69, 9.17) is 11.6 Å². The van der Waals surface area contributed by atoms with E-state index in [9.17, 15) is 4.79 Å². The van der Waals surface area contributed by atoms with Crippen LogP contribution in [-0.2, 0) is 4.79 Å². The van der Waals surface area contributed by atoms with Crippen molar-refractivity contribution in [1.82, 2.24) is 5.32 Å². The number of hydrogen-bond acceptors (Lipinski definition) is 2. The summed E-state index contributed by atoms with van der Waals surface area (Å²) in [4.78, 5) is 12.0. The second-order valence-corrected chi connectivity index (χ2v) is 5.37. The molecule has 4 heteroatoms. The fraction of sp³-hybridized carbons (Fsp3) is 0.235. The minimum Gasteiger partial charge on any atom is -0.376 e. The fourth-order valence-corrected chi connectivity index (χ4v) is 2.27. The Morgan fingerprint density at radius 1 is 1.14 bits per heavy atom. The second kappa shape index (κ2) is 7.14. The van der Waals surface area contributed by atoms with Crippen molar-refractivity contribution in [3.8, 4) is 0 Å². The van der Waals surface area contributed by atoms with E-state index >= 15 is 0 Å². The minimum atomic E-state index is -0.0503. The van der Waals surface area contributed by atoms with Gasteiger partial charge in [-0.05, 0) is 37.1 Å². The van der Waals surface area contributed by atoms with Gasteiger partial charge in [0.25, 0.3) is 0 Å². The first kappa shape index (κ1) is 15.4. The van der Waals surface area contributed by atoms with Crippen LogP contribution in [0.3, 0.4) is 0 Å². The van der Waals surface area contributed by atoms with Gasteiger partial charge < -0.3 is 10.6 Å². The van der Waals surface area contributed by atoms with Crippen molar-refractivity contribution in [2.45, 2.75) is 19.9 Å². The summed E-state index contributed by atoms with van der Waals surface area (Å²) in [6.45, 7) is 4.12. The molecule has 1 atom stereocenters. The number of halogens is 1. The molecule has 0 aliphatic carbocycles. The zero-order chi connectivity index (χ0) is 15.2. The van der Waals surface area contributed by atoms with E-state index < -0.39 is 0 Å². The molecule has 0 fully saturated rings. The Balaban J connectivity index is 1.89. The maximum Gasteiger partial charge on any atom is 0.239 e. The van der Waals surface area contributed by atoms with Crippen molar-refractivity contribution in [2.75, 3.05) is 11.9 Å². The van der Waals surface area contributed by atoms with Crippen molar-refractivity contribution in [2.24, 2.45) is 0 Å². The monoisotopic (exact) mass is 302 g/mol. The van der Waals surface area contributed by atoms with E-state index in [2.05, 4.69) is 10.6 Å². The Hall–Kier alpha value is -2.00. The third kappa shape index (κ3) is 4.23. The molecular formula is C17H19ClN2O. The van der Waals surface area contributed by atoms with Crippen LogP contribution in [0.25, 0.3) is 0 Å². The van der Waals surface area contributed by atoms with E-state index in [1.807, 2.05) is 62.4 Å². The highest BCUT2D eigenvalue weighted by Gasteiger charge is 2.09. The van der Waals surface area contributed by atoms with Crippen molar-refractivity contribution in [3.63, 3.8) is 0 Å². The van der Waals surface area contributed by atoms with E-state index in [0.717, 1.165) is 16.8 Å². The first-order valence-corrected chi connectivity index (χ1v) is 7.29. The molecule has 0 aromatic heterocycles. The second-order valence-electron chi connectivity index (χ2n) is 4.97. The standard InChI is InChI=1S/C17H19ClN2O/c1-12-15(18)9-6-10-16(12)19-11-17(21)20-13(2)14-7-4-3-5-8-14/h3-10,13,19H,11H2,1-2H3,(H,20,21)/t13-/m1/s1. The lowest BCUT2D eigenvalue weighted by molar-refractivity contribution is -0.120. The van der Waals surface area contributed by atoms with Crippen LogP contribution in [0, 0.1) is 6.92 Å². The van der Waals surface area contributed by atoms with Crippen LogP contribution >= 0.6 is 11.6 Å². The molecule has 0 radical (unpaired) electrons. The molecule has 0 heterocycles. The predicted molar refractivity (Wildman–Crippen MR) is 87.7 cm³/mol. The Morgan fingerprint density at radius 2 is 1.86 bits per heavy atom. The van der Waals surface area contributed by atoms with Gasteiger partial charge in [0.05, 0.1) is 12.6 Å². The zero-order valence-corrected chi connectivity index (χ0v) is 12.9. The highest BCUT2D eigenvalue weighted by molar-refractivity contribution is 6.31. The first-order valence-electron chi connectivity index (χ1n) is 6.91. The first-order chi connectivity index (χ1) is 10.1. The summed E-state index contributed by atoms with van der Waals surface area (Å²) < 4.78 is 0. The summed E-state index contributed by atoms with van der Waals surface area (Å²) in [5.41, 5.74) is 2.91. The Morgan fingerprint density at radius 3 is 2.57 bits per heavy atom. The smallest absolute Gasteiger partial charge is 0.239 e. The summed E-state index contributed by atoms with van der Waals surface area (Å²) in [6.07, 6.45) is 0. The summed E-state index contributed by atoms with van der Waals surface area (Å²) in [6, 6.07) is 15.5. The molecular weight excluding hydrogens is 284 g/mol. The molecule has 110 valence electrons. The number of carbonyl (C=O) groups excluding carboxylic acids is 1. The third-order valence-electron chi connectivity index (χ3n) is 3.38. The van der Waals surface area contributed by atoms with Gasteiger partial charge in [0.2, 0.25) is 5.91 Å². The largest absolute Gasteiger partial charge is 0.376 e. The number of amides is 1. The van der Waals surface area contributed by atoms with Crippen LogP contribution in [0.5, 0.6) is 0 Å². The van der Waals surface area contributed by atoms with E-state index in [1.165, 1.54) is 0 Å². The normalized spacial score (nSPS) is 11.8. The quantitative estimate of drug-likeness (QED) is 0.878. The average Bonchev–Trinajstić information content (AvgIpc) is 2.49. The van der Waals surface area contributed by atoms with Gasteiger partial charge in [0.15, 0.2) is 0 Å². The van der Waals surface area contributed by atoms with E-state index in [-0.39, 0.29) is 18.5 Å². The SMILES string of the molecule is Cc1c(Cl)cccc1NCC(=O)N[C@H](C)c1ccccc1. The summed E-state index contributed by atoms with van der Waals surface area (Å²) in [5, 5.41) is 6.77. The summed E-state index contributed by atoms with van der Waals surface area (Å²) in [5.74, 6) is -0.0503. The molecule has 3 nitrogen and oxygen atoms in total. The van der Waals surface area contributed by atoms with Crippen LogP contribution in [0.15, 0.2) is 48.5 Å². The van der Waals surface area contributed by atoms with Crippen molar-refractivity contribution in [1.29, 1.82) is 0 Å². The topological polar surface area (TPSA) is 41.1 Å². The highest BCUT2D eigenvalue weighted by atomic mass is 35.5. The number of benzene rings is 2. The molecule has 0 aliphatic heterocycles. The molecule has 1 amide bonds. The van der Waals surface area contributed by atoms with Crippen LogP contribution < -0.4 is 10.6 Å². The molecule has 0 spiro atoms. The molecule has 0 unspecified atom stereocenters. The minimum absolute atomic E-state index is 0.0130. The number of anilines is 1. The lowest BCUT2D eigenvalue weighted by atomic mass is 10.1. The average molecular weight is 303 g/mol. The predicted octanol–water partition coefficient (Wildman–Crippen LogP) is 3.94. The molecule has 0 saturated carbocycles. The Labute approximate surface area is 130 Å². The lowest BCUT2D eigenvalue weighted by Crippen LogP contribution is -2.32. The number of carbonyl (C=O) groups is 1. The fourth-order valence-electron chi connectivity index (χ4n) is 2.09. The van der Waals surface area contributed by atoms with Crippen LogP contribution in [0.1, 0.15) is 24.1 Å². The van der Waals surface area contributed by atoms with Crippen molar-refractivity contribution < 1.29 is 4.79 Å². The van der Waals surface area contributed by atoms with Crippen molar-refractivity contribution >= 4 is 23.2 Å². The molecule has 0 saturated heterocycles. The molecule has 2 N–H and O–H groups in total. The maximum atomic E-state index is 12.0. The van der Waals surface area contributed by atoms with Gasteiger partial charge >= 0.3 is 0 Å². The van der Waals surface area contributed by atoms with Gasteiger partial charge in [-0.1, -0.05) is 48.0 Å². The zero-order valence-electron chi connectivity index (χ0n) is 12.2. The van der Waals surface area contributed by atoms with Crippen LogP contribution in [0.4, 0.5) is 5.69 Å². The van der Waals surface area contributed by atoms with Crippen LogP contribution in [0.2, 0.25) is 5.02 Å². The van der Waals surface area contributed by atoms with E-state index in [0.29, 0.717) is 5.02 Å².